The molecule has 0 radical (unpaired) electrons. The van der Waals surface area contributed by atoms with Gasteiger partial charge in [0, 0.05) is 37.1 Å². The van der Waals surface area contributed by atoms with Crippen molar-refractivity contribution >= 4 is 5.95 Å². The fourth-order valence-corrected chi connectivity index (χ4v) is 2.55. The lowest BCUT2D eigenvalue weighted by Crippen LogP contribution is -2.46. The SMILES string of the molecule is CCCNCc1cnc(N2CC(C)OC(C)C2)nc1C. The van der Waals surface area contributed by atoms with E-state index in [0.717, 1.165) is 44.2 Å². The Balaban J connectivity index is 2.04. The summed E-state index contributed by atoms with van der Waals surface area (Å²) in [6, 6.07) is 0. The van der Waals surface area contributed by atoms with Crippen LogP contribution in [0.1, 0.15) is 38.4 Å². The molecule has 1 saturated heterocycles. The average Bonchev–Trinajstić information content (AvgIpc) is 2.39. The van der Waals surface area contributed by atoms with Crippen LogP contribution < -0.4 is 10.2 Å². The van der Waals surface area contributed by atoms with Crippen molar-refractivity contribution in [3.05, 3.63) is 17.5 Å². The van der Waals surface area contributed by atoms with Crippen molar-refractivity contribution in [2.75, 3.05) is 24.5 Å². The van der Waals surface area contributed by atoms with Crippen LogP contribution in [0.5, 0.6) is 0 Å². The Labute approximate surface area is 121 Å². The standard InChI is InChI=1S/C15H26N4O/c1-5-6-16-7-14-8-17-15(18-13(14)4)19-9-11(2)20-12(3)10-19/h8,11-12,16H,5-7,9-10H2,1-4H3. The van der Waals surface area contributed by atoms with Crippen molar-refractivity contribution < 1.29 is 4.74 Å². The summed E-state index contributed by atoms with van der Waals surface area (Å²) >= 11 is 0. The molecule has 1 fully saturated rings. The highest BCUT2D eigenvalue weighted by Gasteiger charge is 2.24. The van der Waals surface area contributed by atoms with Gasteiger partial charge in [-0.1, -0.05) is 6.92 Å². The number of anilines is 1. The number of aryl methyl sites for hydroxylation is 1. The molecule has 1 aliphatic rings. The topological polar surface area (TPSA) is 50.3 Å². The molecule has 0 amide bonds. The number of nitrogens with one attached hydrogen (secondary N) is 1. The van der Waals surface area contributed by atoms with Crippen LogP contribution in [-0.4, -0.2) is 41.8 Å². The second kappa shape index (κ2) is 6.99. The number of hydrogen-bond donors (Lipinski definition) is 1. The molecule has 1 N–H and O–H groups in total. The van der Waals surface area contributed by atoms with Gasteiger partial charge in [-0.25, -0.2) is 9.97 Å². The minimum atomic E-state index is 0.230. The molecule has 5 nitrogen and oxygen atoms in total. The first-order valence-corrected chi connectivity index (χ1v) is 7.53. The highest BCUT2D eigenvalue weighted by Crippen LogP contribution is 2.17. The summed E-state index contributed by atoms with van der Waals surface area (Å²) in [7, 11) is 0. The van der Waals surface area contributed by atoms with Crippen molar-refractivity contribution in [3.63, 3.8) is 0 Å². The maximum atomic E-state index is 5.75. The summed E-state index contributed by atoms with van der Waals surface area (Å²) in [6.07, 6.45) is 3.55. The number of aromatic nitrogens is 2. The van der Waals surface area contributed by atoms with E-state index < -0.39 is 0 Å². The highest BCUT2D eigenvalue weighted by molar-refractivity contribution is 5.34. The predicted molar refractivity (Wildman–Crippen MR) is 81.0 cm³/mol. The zero-order valence-corrected chi connectivity index (χ0v) is 13.0. The number of hydrogen-bond acceptors (Lipinski definition) is 5. The quantitative estimate of drug-likeness (QED) is 0.834. The number of rotatable bonds is 5. The van der Waals surface area contributed by atoms with Crippen LogP contribution in [0.3, 0.4) is 0 Å². The number of morpholine rings is 1. The van der Waals surface area contributed by atoms with Gasteiger partial charge in [-0.3, -0.25) is 0 Å². The number of nitrogens with zero attached hydrogens (tertiary/aromatic N) is 3. The monoisotopic (exact) mass is 278 g/mol. The first-order valence-electron chi connectivity index (χ1n) is 7.53. The van der Waals surface area contributed by atoms with E-state index in [2.05, 4.69) is 47.9 Å². The molecule has 112 valence electrons. The van der Waals surface area contributed by atoms with Crippen LogP contribution >= 0.6 is 0 Å². The Morgan fingerprint density at radius 3 is 2.65 bits per heavy atom. The van der Waals surface area contributed by atoms with Crippen molar-refractivity contribution in [2.45, 2.75) is 52.9 Å². The normalized spacial score (nSPS) is 23.1. The van der Waals surface area contributed by atoms with Gasteiger partial charge in [0.15, 0.2) is 0 Å². The van der Waals surface area contributed by atoms with E-state index >= 15 is 0 Å². The molecule has 2 rings (SSSR count). The van der Waals surface area contributed by atoms with Gasteiger partial charge in [0.1, 0.15) is 0 Å². The first-order chi connectivity index (χ1) is 9.60. The summed E-state index contributed by atoms with van der Waals surface area (Å²) in [6.45, 7) is 12.0. The van der Waals surface area contributed by atoms with Gasteiger partial charge in [0.05, 0.1) is 12.2 Å². The van der Waals surface area contributed by atoms with Crippen molar-refractivity contribution in [1.29, 1.82) is 0 Å². The molecule has 0 saturated carbocycles. The molecular weight excluding hydrogens is 252 g/mol. The van der Waals surface area contributed by atoms with Crippen LogP contribution in [-0.2, 0) is 11.3 Å². The van der Waals surface area contributed by atoms with E-state index in [0.29, 0.717) is 0 Å². The lowest BCUT2D eigenvalue weighted by molar-refractivity contribution is -0.00573. The summed E-state index contributed by atoms with van der Waals surface area (Å²) in [4.78, 5) is 11.4. The van der Waals surface area contributed by atoms with E-state index in [1.54, 1.807) is 0 Å². The van der Waals surface area contributed by atoms with E-state index in [1.807, 2.05) is 6.20 Å². The van der Waals surface area contributed by atoms with Gasteiger partial charge < -0.3 is 15.0 Å². The van der Waals surface area contributed by atoms with Gasteiger partial charge in [-0.05, 0) is 33.7 Å². The molecule has 5 heteroatoms. The Kier molecular flexibility index (Phi) is 5.31. The van der Waals surface area contributed by atoms with E-state index in [9.17, 15) is 0 Å². The van der Waals surface area contributed by atoms with Crippen molar-refractivity contribution in [3.8, 4) is 0 Å². The second-order valence-electron chi connectivity index (χ2n) is 5.62. The third kappa shape index (κ3) is 3.90. The average molecular weight is 278 g/mol. The van der Waals surface area contributed by atoms with Crippen LogP contribution in [0.4, 0.5) is 5.95 Å². The summed E-state index contributed by atoms with van der Waals surface area (Å²) in [5.74, 6) is 0.823. The van der Waals surface area contributed by atoms with Crippen LogP contribution in [0, 0.1) is 6.92 Å². The van der Waals surface area contributed by atoms with Gasteiger partial charge in [-0.15, -0.1) is 0 Å². The Bertz CT molecular complexity index is 428. The van der Waals surface area contributed by atoms with Gasteiger partial charge in [-0.2, -0.15) is 0 Å². The van der Waals surface area contributed by atoms with Crippen molar-refractivity contribution in [1.82, 2.24) is 15.3 Å². The fourth-order valence-electron chi connectivity index (χ4n) is 2.55. The van der Waals surface area contributed by atoms with E-state index in [-0.39, 0.29) is 12.2 Å². The molecule has 1 aliphatic heterocycles. The zero-order valence-electron chi connectivity index (χ0n) is 13.0. The smallest absolute Gasteiger partial charge is 0.225 e. The van der Waals surface area contributed by atoms with E-state index in [1.165, 1.54) is 5.56 Å². The number of ether oxygens (including phenoxy) is 1. The lowest BCUT2D eigenvalue weighted by Gasteiger charge is -2.35. The van der Waals surface area contributed by atoms with E-state index in [4.69, 9.17) is 4.74 Å². The second-order valence-corrected chi connectivity index (χ2v) is 5.62. The van der Waals surface area contributed by atoms with Crippen LogP contribution in [0.2, 0.25) is 0 Å². The molecule has 20 heavy (non-hydrogen) atoms. The molecule has 1 aromatic heterocycles. The molecule has 0 aromatic carbocycles. The van der Waals surface area contributed by atoms with Crippen LogP contribution in [0.15, 0.2) is 6.20 Å². The minimum Gasteiger partial charge on any atom is -0.372 e. The third-order valence-electron chi connectivity index (χ3n) is 3.51. The summed E-state index contributed by atoms with van der Waals surface area (Å²) in [5, 5.41) is 3.39. The molecule has 2 unspecified atom stereocenters. The molecule has 0 bridgehead atoms. The van der Waals surface area contributed by atoms with Crippen molar-refractivity contribution in [2.24, 2.45) is 0 Å². The molecular formula is C15H26N4O. The zero-order chi connectivity index (χ0) is 14.5. The maximum absolute atomic E-state index is 5.75. The van der Waals surface area contributed by atoms with Gasteiger partial charge in [0.25, 0.3) is 0 Å². The minimum absolute atomic E-state index is 0.230. The maximum Gasteiger partial charge on any atom is 0.225 e. The third-order valence-corrected chi connectivity index (χ3v) is 3.51. The lowest BCUT2D eigenvalue weighted by atomic mass is 10.2. The molecule has 1 aromatic rings. The summed E-state index contributed by atoms with van der Waals surface area (Å²) < 4.78 is 5.75. The largest absolute Gasteiger partial charge is 0.372 e. The first kappa shape index (κ1) is 15.2. The highest BCUT2D eigenvalue weighted by atomic mass is 16.5. The Morgan fingerprint density at radius 1 is 1.35 bits per heavy atom. The summed E-state index contributed by atoms with van der Waals surface area (Å²) in [5.41, 5.74) is 2.24. The predicted octanol–water partition coefficient (Wildman–Crippen LogP) is 1.90. The van der Waals surface area contributed by atoms with Crippen LogP contribution in [0.25, 0.3) is 0 Å². The molecule has 2 heterocycles. The molecule has 0 aliphatic carbocycles. The Hall–Kier alpha value is -1.20. The van der Waals surface area contributed by atoms with Gasteiger partial charge >= 0.3 is 0 Å². The molecule has 2 atom stereocenters. The molecule has 0 spiro atoms. The van der Waals surface area contributed by atoms with Gasteiger partial charge in [0.2, 0.25) is 5.95 Å². The fraction of sp³-hybridized carbons (Fsp3) is 0.733. The Morgan fingerprint density at radius 2 is 2.05 bits per heavy atom.